The van der Waals surface area contributed by atoms with Gasteiger partial charge in [-0.15, -0.1) is 0 Å². The van der Waals surface area contributed by atoms with Crippen LogP contribution in [0.2, 0.25) is 0 Å². The highest BCUT2D eigenvalue weighted by atomic mass is 79.9. The number of aryl methyl sites for hydroxylation is 2. The van der Waals surface area contributed by atoms with E-state index in [-0.39, 0.29) is 0 Å². The maximum absolute atomic E-state index is 4.62. The fourth-order valence-electron chi connectivity index (χ4n) is 1.87. The predicted octanol–water partition coefficient (Wildman–Crippen LogP) is 3.40. The van der Waals surface area contributed by atoms with Gasteiger partial charge in [-0.3, -0.25) is 0 Å². The Morgan fingerprint density at radius 1 is 1.25 bits per heavy atom. The van der Waals surface area contributed by atoms with E-state index in [9.17, 15) is 0 Å². The van der Waals surface area contributed by atoms with Crippen LogP contribution < -0.4 is 0 Å². The standard InChI is InChI=1S/C12H16BrN3/c1-3-5-9-7-10(6-4-2)16-12(15-9)11(13)8-14-16/h7-8H,3-6H2,1-2H3. The third-order valence-corrected chi connectivity index (χ3v) is 3.13. The maximum Gasteiger partial charge on any atom is 0.169 e. The van der Waals surface area contributed by atoms with Crippen molar-refractivity contribution in [3.05, 3.63) is 28.1 Å². The Balaban J connectivity index is 2.56. The van der Waals surface area contributed by atoms with Crippen molar-refractivity contribution in [1.29, 1.82) is 0 Å². The SMILES string of the molecule is CCCc1cc(CCC)n2ncc(Br)c2n1. The lowest BCUT2D eigenvalue weighted by Gasteiger charge is -2.06. The van der Waals surface area contributed by atoms with Crippen LogP contribution in [-0.2, 0) is 12.8 Å². The monoisotopic (exact) mass is 281 g/mol. The summed E-state index contributed by atoms with van der Waals surface area (Å²) in [4.78, 5) is 4.62. The highest BCUT2D eigenvalue weighted by Gasteiger charge is 2.08. The number of aromatic nitrogens is 3. The minimum atomic E-state index is 0.939. The maximum atomic E-state index is 4.62. The van der Waals surface area contributed by atoms with Crippen LogP contribution in [0.4, 0.5) is 0 Å². The van der Waals surface area contributed by atoms with E-state index < -0.39 is 0 Å². The molecule has 2 rings (SSSR count). The largest absolute Gasteiger partial charge is 0.233 e. The van der Waals surface area contributed by atoms with Crippen molar-refractivity contribution in [2.75, 3.05) is 0 Å². The lowest BCUT2D eigenvalue weighted by atomic mass is 10.2. The first kappa shape index (κ1) is 11.6. The molecule has 0 bridgehead atoms. The first-order chi connectivity index (χ1) is 7.76. The first-order valence-corrected chi connectivity index (χ1v) is 6.57. The van der Waals surface area contributed by atoms with Gasteiger partial charge >= 0.3 is 0 Å². The Morgan fingerprint density at radius 2 is 2.00 bits per heavy atom. The van der Waals surface area contributed by atoms with E-state index in [4.69, 9.17) is 0 Å². The van der Waals surface area contributed by atoms with Crippen molar-refractivity contribution in [3.63, 3.8) is 0 Å². The molecule has 2 heterocycles. The van der Waals surface area contributed by atoms with Gasteiger partial charge in [-0.2, -0.15) is 5.10 Å². The Labute approximate surface area is 104 Å². The molecular formula is C12H16BrN3. The van der Waals surface area contributed by atoms with Gasteiger partial charge in [0.1, 0.15) is 0 Å². The molecule has 0 saturated heterocycles. The zero-order chi connectivity index (χ0) is 11.5. The molecular weight excluding hydrogens is 266 g/mol. The molecule has 0 unspecified atom stereocenters. The third-order valence-electron chi connectivity index (χ3n) is 2.57. The first-order valence-electron chi connectivity index (χ1n) is 5.78. The van der Waals surface area contributed by atoms with Crippen LogP contribution in [0.25, 0.3) is 5.65 Å². The molecule has 0 aliphatic rings. The lowest BCUT2D eigenvalue weighted by Crippen LogP contribution is -2.03. The molecule has 4 heteroatoms. The molecule has 0 aliphatic carbocycles. The van der Waals surface area contributed by atoms with Crippen molar-refractivity contribution in [1.82, 2.24) is 14.6 Å². The van der Waals surface area contributed by atoms with Crippen molar-refractivity contribution in [2.45, 2.75) is 39.5 Å². The normalized spacial score (nSPS) is 11.2. The quantitative estimate of drug-likeness (QED) is 0.860. The Kier molecular flexibility index (Phi) is 3.59. The van der Waals surface area contributed by atoms with E-state index in [1.54, 1.807) is 0 Å². The highest BCUT2D eigenvalue weighted by molar-refractivity contribution is 9.10. The Morgan fingerprint density at radius 3 is 2.69 bits per heavy atom. The van der Waals surface area contributed by atoms with Crippen LogP contribution in [0.1, 0.15) is 38.1 Å². The second-order valence-electron chi connectivity index (χ2n) is 3.97. The number of rotatable bonds is 4. The topological polar surface area (TPSA) is 30.2 Å². The Hall–Kier alpha value is -0.900. The Bertz CT molecular complexity index is 490. The van der Waals surface area contributed by atoms with Gasteiger partial charge in [0.15, 0.2) is 5.65 Å². The summed E-state index contributed by atoms with van der Waals surface area (Å²) in [7, 11) is 0. The summed E-state index contributed by atoms with van der Waals surface area (Å²) in [6.07, 6.45) is 6.15. The number of hydrogen-bond acceptors (Lipinski definition) is 2. The molecule has 0 fully saturated rings. The van der Waals surface area contributed by atoms with Gasteiger partial charge in [0, 0.05) is 11.4 Å². The number of hydrogen-bond donors (Lipinski definition) is 0. The van der Waals surface area contributed by atoms with Crippen molar-refractivity contribution in [3.8, 4) is 0 Å². The van der Waals surface area contributed by atoms with Gasteiger partial charge in [-0.25, -0.2) is 9.50 Å². The van der Waals surface area contributed by atoms with Crippen molar-refractivity contribution < 1.29 is 0 Å². The molecule has 16 heavy (non-hydrogen) atoms. The van der Waals surface area contributed by atoms with Gasteiger partial charge in [0.25, 0.3) is 0 Å². The van der Waals surface area contributed by atoms with Gasteiger partial charge in [-0.1, -0.05) is 26.7 Å². The molecule has 0 spiro atoms. The second kappa shape index (κ2) is 4.95. The molecule has 0 aliphatic heterocycles. The van der Waals surface area contributed by atoms with E-state index in [1.807, 2.05) is 10.7 Å². The van der Waals surface area contributed by atoms with E-state index in [0.717, 1.165) is 35.8 Å². The van der Waals surface area contributed by atoms with Crippen LogP contribution in [0.15, 0.2) is 16.7 Å². The molecule has 2 aromatic rings. The van der Waals surface area contributed by atoms with E-state index in [0.29, 0.717) is 0 Å². The second-order valence-corrected chi connectivity index (χ2v) is 4.82. The van der Waals surface area contributed by atoms with Crippen LogP contribution in [-0.4, -0.2) is 14.6 Å². The van der Waals surface area contributed by atoms with Gasteiger partial charge in [0.05, 0.1) is 10.7 Å². The van der Waals surface area contributed by atoms with E-state index in [1.165, 1.54) is 11.4 Å². The van der Waals surface area contributed by atoms with Crippen LogP contribution >= 0.6 is 15.9 Å². The molecule has 0 aromatic carbocycles. The molecule has 2 aromatic heterocycles. The summed E-state index contributed by atoms with van der Waals surface area (Å²) in [5.41, 5.74) is 3.36. The van der Waals surface area contributed by atoms with Crippen LogP contribution in [0, 0.1) is 0 Å². The van der Waals surface area contributed by atoms with Gasteiger partial charge in [0.2, 0.25) is 0 Å². The van der Waals surface area contributed by atoms with Gasteiger partial charge in [-0.05, 0) is 34.8 Å². The van der Waals surface area contributed by atoms with E-state index >= 15 is 0 Å². The highest BCUT2D eigenvalue weighted by Crippen LogP contribution is 2.19. The zero-order valence-corrected chi connectivity index (χ0v) is 11.3. The molecule has 3 nitrogen and oxygen atoms in total. The molecule has 0 amide bonds. The predicted molar refractivity (Wildman–Crippen MR) is 68.7 cm³/mol. The number of fused-ring (bicyclic) bond motifs is 1. The number of nitrogens with zero attached hydrogens (tertiary/aromatic N) is 3. The summed E-state index contributed by atoms with van der Waals surface area (Å²) in [6, 6.07) is 2.18. The average molecular weight is 282 g/mol. The smallest absolute Gasteiger partial charge is 0.169 e. The fourth-order valence-corrected chi connectivity index (χ4v) is 2.22. The average Bonchev–Trinajstić information content (AvgIpc) is 2.62. The zero-order valence-electron chi connectivity index (χ0n) is 9.70. The van der Waals surface area contributed by atoms with Crippen molar-refractivity contribution >= 4 is 21.6 Å². The number of halogens is 1. The lowest BCUT2D eigenvalue weighted by molar-refractivity contribution is 0.777. The minimum absolute atomic E-state index is 0.939. The van der Waals surface area contributed by atoms with Crippen molar-refractivity contribution in [2.24, 2.45) is 0 Å². The molecule has 0 atom stereocenters. The van der Waals surface area contributed by atoms with Crippen LogP contribution in [0.3, 0.4) is 0 Å². The summed E-state index contributed by atoms with van der Waals surface area (Å²) in [5.74, 6) is 0. The third kappa shape index (κ3) is 2.12. The molecule has 0 saturated carbocycles. The summed E-state index contributed by atoms with van der Waals surface area (Å²) in [5, 5.41) is 4.35. The van der Waals surface area contributed by atoms with E-state index in [2.05, 4.69) is 45.9 Å². The van der Waals surface area contributed by atoms with Crippen LogP contribution in [0.5, 0.6) is 0 Å². The molecule has 86 valence electrons. The molecule has 0 radical (unpaired) electrons. The minimum Gasteiger partial charge on any atom is -0.233 e. The fraction of sp³-hybridized carbons (Fsp3) is 0.500. The molecule has 0 N–H and O–H groups in total. The summed E-state index contributed by atoms with van der Waals surface area (Å²) < 4.78 is 2.91. The summed E-state index contributed by atoms with van der Waals surface area (Å²) in [6.45, 7) is 4.36. The van der Waals surface area contributed by atoms with Gasteiger partial charge < -0.3 is 0 Å². The summed E-state index contributed by atoms with van der Waals surface area (Å²) >= 11 is 3.49.